The van der Waals surface area contributed by atoms with E-state index in [1.165, 1.54) is 18.4 Å². The molecule has 0 aliphatic carbocycles. The third-order valence-corrected chi connectivity index (χ3v) is 4.16. The van der Waals surface area contributed by atoms with Gasteiger partial charge in [0.1, 0.15) is 0 Å². The van der Waals surface area contributed by atoms with Crippen molar-refractivity contribution in [3.05, 3.63) is 65.7 Å². The van der Waals surface area contributed by atoms with Crippen LogP contribution in [0.4, 0.5) is 5.69 Å². The maximum absolute atomic E-state index is 11.9. The van der Waals surface area contributed by atoms with Gasteiger partial charge in [-0.15, -0.1) is 12.4 Å². The van der Waals surface area contributed by atoms with E-state index < -0.39 is 0 Å². The third kappa shape index (κ3) is 8.37. The van der Waals surface area contributed by atoms with Gasteiger partial charge in [-0.2, -0.15) is 0 Å². The van der Waals surface area contributed by atoms with Crippen LogP contribution in [0.15, 0.2) is 54.6 Å². The number of hydrogen-bond donors (Lipinski definition) is 1. The topological polar surface area (TPSA) is 55.6 Å². The first-order valence-electron chi connectivity index (χ1n) is 8.90. The van der Waals surface area contributed by atoms with E-state index in [0.717, 1.165) is 25.9 Å². The number of nitrogens with two attached hydrogens (primary N) is 1. The fraction of sp³-hybridized carbons (Fsp3) is 0.381. The minimum Gasteiger partial charge on any atom is -0.462 e. The van der Waals surface area contributed by atoms with Gasteiger partial charge >= 0.3 is 5.97 Å². The number of hydrogen-bond acceptors (Lipinski definition) is 4. The fourth-order valence-corrected chi connectivity index (χ4v) is 2.67. The van der Waals surface area contributed by atoms with E-state index >= 15 is 0 Å². The minimum atomic E-state index is -0.287. The molecule has 0 aliphatic heterocycles. The van der Waals surface area contributed by atoms with Crippen LogP contribution in [0.1, 0.15) is 35.2 Å². The number of nitrogens with zero attached hydrogens (tertiary/aromatic N) is 1. The second kappa shape index (κ2) is 12.3. The maximum atomic E-state index is 11.9. The molecule has 4 nitrogen and oxygen atoms in total. The Morgan fingerprint density at radius 1 is 0.962 bits per heavy atom. The molecule has 0 heterocycles. The van der Waals surface area contributed by atoms with Crippen molar-refractivity contribution in [2.24, 2.45) is 0 Å². The Balaban J connectivity index is 0.00000338. The Bertz CT molecular complexity index is 632. The summed E-state index contributed by atoms with van der Waals surface area (Å²) in [6, 6.07) is 17.4. The Kier molecular flexibility index (Phi) is 10.4. The predicted molar refractivity (Wildman–Crippen MR) is 110 cm³/mol. The van der Waals surface area contributed by atoms with Gasteiger partial charge in [0.15, 0.2) is 0 Å². The van der Waals surface area contributed by atoms with Gasteiger partial charge in [0.05, 0.1) is 12.2 Å². The van der Waals surface area contributed by atoms with Crippen molar-refractivity contribution >= 4 is 24.1 Å². The number of nitrogen functional groups attached to an aromatic ring is 1. The van der Waals surface area contributed by atoms with E-state index in [1.54, 1.807) is 24.3 Å². The number of ether oxygens (including phenoxy) is 1. The SMILES string of the molecule is CN(CCCCc1ccccc1)CCCOC(=O)c1ccc(N)cc1.Cl. The summed E-state index contributed by atoms with van der Waals surface area (Å²) in [7, 11) is 2.12. The van der Waals surface area contributed by atoms with Crippen LogP contribution < -0.4 is 5.73 Å². The lowest BCUT2D eigenvalue weighted by Gasteiger charge is -2.16. The molecule has 0 bridgehead atoms. The molecule has 0 fully saturated rings. The molecule has 0 aromatic heterocycles. The first-order valence-corrected chi connectivity index (χ1v) is 8.90. The largest absolute Gasteiger partial charge is 0.462 e. The van der Waals surface area contributed by atoms with Crippen molar-refractivity contribution in [3.8, 4) is 0 Å². The maximum Gasteiger partial charge on any atom is 0.338 e. The third-order valence-electron chi connectivity index (χ3n) is 4.16. The molecule has 0 saturated carbocycles. The highest BCUT2D eigenvalue weighted by atomic mass is 35.5. The van der Waals surface area contributed by atoms with Crippen LogP contribution in [0.25, 0.3) is 0 Å². The van der Waals surface area contributed by atoms with E-state index in [1.807, 2.05) is 0 Å². The lowest BCUT2D eigenvalue weighted by Crippen LogP contribution is -2.22. The Hall–Kier alpha value is -2.04. The number of halogens is 1. The molecule has 5 heteroatoms. The monoisotopic (exact) mass is 376 g/mol. The molecule has 0 aliphatic rings. The number of esters is 1. The van der Waals surface area contributed by atoms with Crippen molar-refractivity contribution < 1.29 is 9.53 Å². The molecule has 26 heavy (non-hydrogen) atoms. The number of carbonyl (C=O) groups excluding carboxylic acids is 1. The molecular weight excluding hydrogens is 348 g/mol. The van der Waals surface area contributed by atoms with Gasteiger partial charge < -0.3 is 15.4 Å². The Morgan fingerprint density at radius 3 is 2.31 bits per heavy atom. The van der Waals surface area contributed by atoms with E-state index in [9.17, 15) is 4.79 Å². The van der Waals surface area contributed by atoms with Crippen molar-refractivity contribution in [2.45, 2.75) is 25.7 Å². The number of anilines is 1. The molecule has 2 N–H and O–H groups in total. The molecule has 2 aromatic carbocycles. The summed E-state index contributed by atoms with van der Waals surface area (Å²) >= 11 is 0. The average molecular weight is 377 g/mol. The van der Waals surface area contributed by atoms with Crippen LogP contribution in [0, 0.1) is 0 Å². The molecule has 2 aromatic rings. The number of carbonyl (C=O) groups is 1. The van der Waals surface area contributed by atoms with Crippen LogP contribution >= 0.6 is 12.4 Å². The van der Waals surface area contributed by atoms with E-state index in [0.29, 0.717) is 17.9 Å². The number of benzene rings is 2. The number of rotatable bonds is 10. The second-order valence-electron chi connectivity index (χ2n) is 6.36. The van der Waals surface area contributed by atoms with Crippen LogP contribution in [-0.4, -0.2) is 37.6 Å². The molecule has 0 atom stereocenters. The number of unbranched alkanes of at least 4 members (excludes halogenated alkanes) is 1. The van der Waals surface area contributed by atoms with Crippen molar-refractivity contribution in [1.29, 1.82) is 0 Å². The molecule has 142 valence electrons. The summed E-state index contributed by atoms with van der Waals surface area (Å²) in [4.78, 5) is 14.2. The van der Waals surface area contributed by atoms with Gasteiger partial charge in [0, 0.05) is 12.2 Å². The smallest absolute Gasteiger partial charge is 0.338 e. The van der Waals surface area contributed by atoms with Gasteiger partial charge in [-0.3, -0.25) is 0 Å². The summed E-state index contributed by atoms with van der Waals surface area (Å²) in [6.07, 6.45) is 4.35. The fourth-order valence-electron chi connectivity index (χ4n) is 2.67. The summed E-state index contributed by atoms with van der Waals surface area (Å²) in [5.41, 5.74) is 8.20. The van der Waals surface area contributed by atoms with Gasteiger partial charge in [-0.25, -0.2) is 4.79 Å². The lowest BCUT2D eigenvalue weighted by molar-refractivity contribution is 0.0491. The van der Waals surface area contributed by atoms with E-state index in [-0.39, 0.29) is 18.4 Å². The standard InChI is InChI=1S/C21H28N2O2.ClH/c1-23(15-6-5-10-18-8-3-2-4-9-18)16-7-17-25-21(24)19-11-13-20(22)14-12-19;/h2-4,8-9,11-14H,5-7,10,15-17,22H2,1H3;1H. The van der Waals surface area contributed by atoms with Gasteiger partial charge in [-0.05, 0) is 69.1 Å². The van der Waals surface area contributed by atoms with E-state index in [2.05, 4.69) is 42.3 Å². The van der Waals surface area contributed by atoms with E-state index in [4.69, 9.17) is 10.5 Å². The number of aryl methyl sites for hydroxylation is 1. The Morgan fingerprint density at radius 2 is 1.62 bits per heavy atom. The first-order chi connectivity index (χ1) is 12.1. The zero-order valence-electron chi connectivity index (χ0n) is 15.4. The normalized spacial score (nSPS) is 10.4. The highest BCUT2D eigenvalue weighted by molar-refractivity contribution is 5.89. The summed E-state index contributed by atoms with van der Waals surface area (Å²) in [6.45, 7) is 2.44. The van der Waals surface area contributed by atoms with Gasteiger partial charge in [0.2, 0.25) is 0 Å². The molecule has 0 unspecified atom stereocenters. The zero-order chi connectivity index (χ0) is 17.9. The molecular formula is C21H29ClN2O2. The van der Waals surface area contributed by atoms with Crippen LogP contribution in [0.2, 0.25) is 0 Å². The van der Waals surface area contributed by atoms with Crippen molar-refractivity contribution in [1.82, 2.24) is 4.90 Å². The minimum absolute atomic E-state index is 0. The summed E-state index contributed by atoms with van der Waals surface area (Å²) in [5.74, 6) is -0.287. The Labute approximate surface area is 162 Å². The second-order valence-corrected chi connectivity index (χ2v) is 6.36. The van der Waals surface area contributed by atoms with Gasteiger partial charge in [0.25, 0.3) is 0 Å². The van der Waals surface area contributed by atoms with Crippen LogP contribution in [0.3, 0.4) is 0 Å². The first kappa shape index (κ1) is 22.0. The average Bonchev–Trinajstić information content (AvgIpc) is 2.63. The summed E-state index contributed by atoms with van der Waals surface area (Å²) in [5, 5.41) is 0. The van der Waals surface area contributed by atoms with Crippen molar-refractivity contribution in [3.63, 3.8) is 0 Å². The molecule has 0 radical (unpaired) electrons. The van der Waals surface area contributed by atoms with Crippen LogP contribution in [-0.2, 0) is 11.2 Å². The quantitative estimate of drug-likeness (QED) is 0.383. The molecule has 0 spiro atoms. The molecule has 2 rings (SSSR count). The van der Waals surface area contributed by atoms with Crippen molar-refractivity contribution in [2.75, 3.05) is 32.5 Å². The summed E-state index contributed by atoms with van der Waals surface area (Å²) < 4.78 is 5.30. The zero-order valence-corrected chi connectivity index (χ0v) is 16.2. The molecule has 0 saturated heterocycles. The lowest BCUT2D eigenvalue weighted by atomic mass is 10.1. The predicted octanol–water partition coefficient (Wildman–Crippen LogP) is 4.19. The molecule has 0 amide bonds. The van der Waals surface area contributed by atoms with Crippen LogP contribution in [0.5, 0.6) is 0 Å². The highest BCUT2D eigenvalue weighted by Crippen LogP contribution is 2.08. The van der Waals surface area contributed by atoms with Gasteiger partial charge in [-0.1, -0.05) is 30.3 Å². The highest BCUT2D eigenvalue weighted by Gasteiger charge is 2.06.